The van der Waals surface area contributed by atoms with Crippen LogP contribution in [-0.2, 0) is 0 Å². The molecule has 0 aliphatic heterocycles. The summed E-state index contributed by atoms with van der Waals surface area (Å²) in [6.07, 6.45) is 2.42. The summed E-state index contributed by atoms with van der Waals surface area (Å²) in [6, 6.07) is 1.75. The van der Waals surface area contributed by atoms with Crippen molar-refractivity contribution < 1.29 is 4.79 Å². The Kier molecular flexibility index (Phi) is 1.88. The van der Waals surface area contributed by atoms with Crippen LogP contribution < -0.4 is 0 Å². The van der Waals surface area contributed by atoms with Crippen LogP contribution >= 0.6 is 15.9 Å². The van der Waals surface area contributed by atoms with Gasteiger partial charge < -0.3 is 0 Å². The van der Waals surface area contributed by atoms with Crippen molar-refractivity contribution in [2.75, 3.05) is 0 Å². The summed E-state index contributed by atoms with van der Waals surface area (Å²) >= 11 is 3.25. The van der Waals surface area contributed by atoms with Gasteiger partial charge in [-0.25, -0.2) is 9.97 Å². The van der Waals surface area contributed by atoms with Gasteiger partial charge in [-0.2, -0.15) is 0 Å². The molecule has 0 bridgehead atoms. The standard InChI is InChI=1S/C8H6BrN3O/c1-5-6(4-13)12-7(11-5)2-3-10-8(12)9/h2-4H,1H3. The van der Waals surface area contributed by atoms with Gasteiger partial charge in [0.1, 0.15) is 11.3 Å². The van der Waals surface area contributed by atoms with Crippen molar-refractivity contribution in [3.05, 3.63) is 28.4 Å². The number of imidazole rings is 1. The fraction of sp³-hybridized carbons (Fsp3) is 0.125. The van der Waals surface area contributed by atoms with Crippen molar-refractivity contribution in [3.8, 4) is 0 Å². The molecule has 0 saturated carbocycles. The Morgan fingerprint density at radius 1 is 1.62 bits per heavy atom. The lowest BCUT2D eigenvalue weighted by molar-refractivity contribution is 0.111. The van der Waals surface area contributed by atoms with Crippen LogP contribution in [0.1, 0.15) is 16.2 Å². The van der Waals surface area contributed by atoms with E-state index >= 15 is 0 Å². The molecule has 0 unspecified atom stereocenters. The van der Waals surface area contributed by atoms with E-state index in [1.165, 1.54) is 0 Å². The molecule has 2 aromatic heterocycles. The van der Waals surface area contributed by atoms with Crippen molar-refractivity contribution in [3.63, 3.8) is 0 Å². The highest BCUT2D eigenvalue weighted by Gasteiger charge is 2.09. The molecule has 0 aliphatic carbocycles. The lowest BCUT2D eigenvalue weighted by Crippen LogP contribution is -1.95. The minimum Gasteiger partial charge on any atom is -0.296 e. The summed E-state index contributed by atoms with van der Waals surface area (Å²) < 4.78 is 2.26. The van der Waals surface area contributed by atoms with Gasteiger partial charge in [0.2, 0.25) is 0 Å². The number of hydrogen-bond acceptors (Lipinski definition) is 3. The molecular formula is C8H6BrN3O. The smallest absolute Gasteiger partial charge is 0.183 e. The quantitative estimate of drug-likeness (QED) is 0.562. The summed E-state index contributed by atoms with van der Waals surface area (Å²) in [6.45, 7) is 1.79. The summed E-state index contributed by atoms with van der Waals surface area (Å²) in [5.74, 6) is 0. The molecule has 0 aromatic carbocycles. The first kappa shape index (κ1) is 8.37. The molecule has 0 aliphatic rings. The monoisotopic (exact) mass is 239 g/mol. The first-order valence-electron chi connectivity index (χ1n) is 3.69. The average molecular weight is 240 g/mol. The van der Waals surface area contributed by atoms with Crippen LogP contribution in [0.15, 0.2) is 17.0 Å². The number of carbonyl (C=O) groups is 1. The molecule has 66 valence electrons. The van der Waals surface area contributed by atoms with Gasteiger partial charge in [-0.05, 0) is 28.9 Å². The van der Waals surface area contributed by atoms with E-state index in [0.29, 0.717) is 16.1 Å². The Balaban J connectivity index is 2.96. The molecule has 0 fully saturated rings. The predicted octanol–water partition coefficient (Wildman–Crippen LogP) is 1.61. The maximum atomic E-state index is 10.7. The minimum absolute atomic E-state index is 0.537. The van der Waals surface area contributed by atoms with Gasteiger partial charge in [-0.3, -0.25) is 9.20 Å². The van der Waals surface area contributed by atoms with Gasteiger partial charge in [-0.1, -0.05) is 0 Å². The van der Waals surface area contributed by atoms with Gasteiger partial charge in [0.15, 0.2) is 11.0 Å². The number of carbonyl (C=O) groups excluding carboxylic acids is 1. The average Bonchev–Trinajstić information content (AvgIpc) is 2.42. The largest absolute Gasteiger partial charge is 0.296 e. The zero-order chi connectivity index (χ0) is 9.42. The molecular weight excluding hydrogens is 234 g/mol. The zero-order valence-electron chi connectivity index (χ0n) is 6.86. The Morgan fingerprint density at radius 2 is 2.38 bits per heavy atom. The van der Waals surface area contributed by atoms with Crippen LogP contribution in [0.5, 0.6) is 0 Å². The summed E-state index contributed by atoms with van der Waals surface area (Å²) in [5.41, 5.74) is 1.97. The Hall–Kier alpha value is -1.23. The highest BCUT2D eigenvalue weighted by atomic mass is 79.9. The number of hydrogen-bond donors (Lipinski definition) is 0. The van der Waals surface area contributed by atoms with Crippen LogP contribution in [-0.4, -0.2) is 20.7 Å². The predicted molar refractivity (Wildman–Crippen MR) is 50.8 cm³/mol. The third-order valence-corrected chi connectivity index (χ3v) is 2.38. The second kappa shape index (κ2) is 2.92. The molecule has 5 heteroatoms. The molecule has 0 amide bonds. The molecule has 2 aromatic rings. The van der Waals surface area contributed by atoms with E-state index in [1.54, 1.807) is 23.6 Å². The normalized spacial score (nSPS) is 10.6. The second-order valence-electron chi connectivity index (χ2n) is 2.61. The molecule has 0 N–H and O–H groups in total. The van der Waals surface area contributed by atoms with Crippen LogP contribution in [0, 0.1) is 6.92 Å². The number of aromatic nitrogens is 3. The highest BCUT2D eigenvalue weighted by molar-refractivity contribution is 9.10. The van der Waals surface area contributed by atoms with Crippen molar-refractivity contribution in [1.82, 2.24) is 14.4 Å². The third kappa shape index (κ3) is 1.16. The first-order chi connectivity index (χ1) is 6.24. The van der Waals surface area contributed by atoms with E-state index in [2.05, 4.69) is 25.9 Å². The topological polar surface area (TPSA) is 47.3 Å². The Bertz CT molecular complexity index is 477. The summed E-state index contributed by atoms with van der Waals surface area (Å²) in [4.78, 5) is 19.0. The van der Waals surface area contributed by atoms with Crippen LogP contribution in [0.25, 0.3) is 5.65 Å². The van der Waals surface area contributed by atoms with Crippen LogP contribution in [0.4, 0.5) is 0 Å². The molecule has 0 radical (unpaired) electrons. The minimum atomic E-state index is 0.537. The molecule has 4 nitrogen and oxygen atoms in total. The number of nitrogens with zero attached hydrogens (tertiary/aromatic N) is 3. The lowest BCUT2D eigenvalue weighted by Gasteiger charge is -1.96. The van der Waals surface area contributed by atoms with Crippen molar-refractivity contribution in [2.24, 2.45) is 0 Å². The Labute approximate surface area is 82.7 Å². The van der Waals surface area contributed by atoms with Gasteiger partial charge in [-0.15, -0.1) is 0 Å². The van der Waals surface area contributed by atoms with E-state index < -0.39 is 0 Å². The van der Waals surface area contributed by atoms with E-state index in [4.69, 9.17) is 0 Å². The maximum Gasteiger partial charge on any atom is 0.183 e. The van der Waals surface area contributed by atoms with Crippen molar-refractivity contribution >= 4 is 27.9 Å². The summed E-state index contributed by atoms with van der Waals surface area (Å²) in [7, 11) is 0. The number of aldehydes is 1. The number of rotatable bonds is 1. The van der Waals surface area contributed by atoms with Gasteiger partial charge in [0.05, 0.1) is 5.69 Å². The third-order valence-electron chi connectivity index (χ3n) is 1.82. The number of aryl methyl sites for hydroxylation is 1. The molecule has 2 rings (SSSR count). The SMILES string of the molecule is Cc1nc2ccnc(Br)n2c1C=O. The van der Waals surface area contributed by atoms with E-state index in [-0.39, 0.29) is 0 Å². The molecule has 0 atom stereocenters. The van der Waals surface area contributed by atoms with E-state index in [9.17, 15) is 4.79 Å². The van der Waals surface area contributed by atoms with Crippen LogP contribution in [0.3, 0.4) is 0 Å². The number of fused-ring (bicyclic) bond motifs is 1. The van der Waals surface area contributed by atoms with Gasteiger partial charge in [0, 0.05) is 6.20 Å². The lowest BCUT2D eigenvalue weighted by atomic mass is 10.4. The fourth-order valence-electron chi connectivity index (χ4n) is 1.23. The van der Waals surface area contributed by atoms with Crippen molar-refractivity contribution in [1.29, 1.82) is 0 Å². The Morgan fingerprint density at radius 3 is 3.08 bits per heavy atom. The second-order valence-corrected chi connectivity index (χ2v) is 3.32. The molecule has 2 heterocycles. The number of halogens is 1. The van der Waals surface area contributed by atoms with E-state index in [0.717, 1.165) is 11.9 Å². The molecule has 13 heavy (non-hydrogen) atoms. The molecule has 0 saturated heterocycles. The van der Waals surface area contributed by atoms with Crippen LogP contribution in [0.2, 0.25) is 0 Å². The van der Waals surface area contributed by atoms with E-state index in [1.807, 2.05) is 0 Å². The van der Waals surface area contributed by atoms with Gasteiger partial charge >= 0.3 is 0 Å². The zero-order valence-corrected chi connectivity index (χ0v) is 8.45. The van der Waals surface area contributed by atoms with Crippen molar-refractivity contribution in [2.45, 2.75) is 6.92 Å². The summed E-state index contributed by atoms with van der Waals surface area (Å²) in [5, 5.41) is 0. The molecule has 0 spiro atoms. The first-order valence-corrected chi connectivity index (χ1v) is 4.48. The van der Waals surface area contributed by atoms with Gasteiger partial charge in [0.25, 0.3) is 0 Å². The fourth-order valence-corrected chi connectivity index (χ4v) is 1.72. The highest BCUT2D eigenvalue weighted by Crippen LogP contribution is 2.14. The maximum absolute atomic E-state index is 10.7.